The van der Waals surface area contributed by atoms with Crippen molar-refractivity contribution in [2.75, 3.05) is 26.2 Å². The number of likely N-dealkylation sites (tertiary alicyclic amines) is 1. The molecule has 0 radical (unpaired) electrons. The molecule has 2 aliphatic rings. The Morgan fingerprint density at radius 2 is 1.96 bits per heavy atom. The van der Waals surface area contributed by atoms with Gasteiger partial charge in [-0.3, -0.25) is 4.79 Å². The molecule has 0 unspecified atom stereocenters. The van der Waals surface area contributed by atoms with Gasteiger partial charge in [-0.1, -0.05) is 13.8 Å². The predicted molar refractivity (Wildman–Crippen MR) is 105 cm³/mol. The van der Waals surface area contributed by atoms with E-state index < -0.39 is 0 Å². The second-order valence-corrected chi connectivity index (χ2v) is 8.42. The number of amides is 1. The first kappa shape index (κ1) is 21.7. The highest BCUT2D eigenvalue weighted by Crippen LogP contribution is 2.37. The van der Waals surface area contributed by atoms with Gasteiger partial charge in [-0.05, 0) is 44.1 Å². The van der Waals surface area contributed by atoms with E-state index in [1.165, 1.54) is 6.42 Å². The van der Waals surface area contributed by atoms with Gasteiger partial charge in [0.15, 0.2) is 0 Å². The summed E-state index contributed by atoms with van der Waals surface area (Å²) in [6, 6.07) is 0. The van der Waals surface area contributed by atoms with Crippen LogP contribution in [-0.4, -0.2) is 42.0 Å². The van der Waals surface area contributed by atoms with Crippen LogP contribution in [0.4, 0.5) is 0 Å². The number of nitrogens with zero attached hydrogens (tertiary/aromatic N) is 2. The summed E-state index contributed by atoms with van der Waals surface area (Å²) >= 11 is 1.60. The number of hydrogen-bond donors (Lipinski definition) is 1. The smallest absolute Gasteiger partial charge is 0.265 e. The van der Waals surface area contributed by atoms with E-state index >= 15 is 0 Å². The zero-order valence-electron chi connectivity index (χ0n) is 14.8. The van der Waals surface area contributed by atoms with E-state index in [4.69, 9.17) is 0 Å². The Morgan fingerprint density at radius 1 is 1.29 bits per heavy atom. The molecule has 1 spiro atoms. The number of halogens is 2. The fraction of sp³-hybridized carbons (Fsp3) is 0.765. The van der Waals surface area contributed by atoms with E-state index in [9.17, 15) is 4.79 Å². The number of aromatic nitrogens is 1. The van der Waals surface area contributed by atoms with Crippen LogP contribution in [-0.2, 0) is 6.42 Å². The van der Waals surface area contributed by atoms with Gasteiger partial charge in [-0.15, -0.1) is 36.2 Å². The number of piperidine rings is 1. The molecule has 1 N–H and O–H groups in total. The lowest BCUT2D eigenvalue weighted by atomic mass is 9.78. The highest BCUT2D eigenvalue weighted by Gasteiger charge is 2.38. The van der Waals surface area contributed by atoms with Crippen LogP contribution in [0, 0.1) is 18.3 Å². The van der Waals surface area contributed by atoms with Gasteiger partial charge in [0.25, 0.3) is 5.91 Å². The van der Waals surface area contributed by atoms with Gasteiger partial charge in [0.1, 0.15) is 4.88 Å². The Labute approximate surface area is 161 Å². The molecule has 24 heavy (non-hydrogen) atoms. The third kappa shape index (κ3) is 4.63. The van der Waals surface area contributed by atoms with Crippen molar-refractivity contribution in [2.45, 2.75) is 46.5 Å². The molecule has 2 aliphatic heterocycles. The molecule has 1 aromatic rings. The SMILES string of the molecule is Cc1nc(CC(C)C)sc1C(=O)N1CCC2(CCNC2)CC1.Cl.Cl. The van der Waals surface area contributed by atoms with Crippen molar-refractivity contribution in [3.05, 3.63) is 15.6 Å². The van der Waals surface area contributed by atoms with Gasteiger partial charge in [-0.25, -0.2) is 4.98 Å². The van der Waals surface area contributed by atoms with Gasteiger partial charge in [-0.2, -0.15) is 0 Å². The molecule has 0 aliphatic carbocycles. The van der Waals surface area contributed by atoms with E-state index in [1.54, 1.807) is 11.3 Å². The van der Waals surface area contributed by atoms with Crippen LogP contribution in [0.5, 0.6) is 0 Å². The molecule has 0 atom stereocenters. The first-order valence-corrected chi connectivity index (χ1v) is 9.27. The van der Waals surface area contributed by atoms with Crippen molar-refractivity contribution in [2.24, 2.45) is 11.3 Å². The van der Waals surface area contributed by atoms with Crippen molar-refractivity contribution >= 4 is 42.1 Å². The van der Waals surface area contributed by atoms with Gasteiger partial charge >= 0.3 is 0 Å². The van der Waals surface area contributed by atoms with Crippen molar-refractivity contribution in [3.8, 4) is 0 Å². The molecule has 1 amide bonds. The Morgan fingerprint density at radius 3 is 2.50 bits per heavy atom. The topological polar surface area (TPSA) is 45.2 Å². The summed E-state index contributed by atoms with van der Waals surface area (Å²) in [6.45, 7) is 10.4. The second-order valence-electron chi connectivity index (χ2n) is 7.34. The highest BCUT2D eigenvalue weighted by molar-refractivity contribution is 7.13. The third-order valence-corrected chi connectivity index (χ3v) is 6.23. The number of carbonyl (C=O) groups is 1. The molecule has 3 heterocycles. The maximum absolute atomic E-state index is 12.8. The number of nitrogens with one attached hydrogen (secondary N) is 1. The Balaban J connectivity index is 0.00000144. The third-order valence-electron chi connectivity index (χ3n) is 5.06. The maximum atomic E-state index is 12.8. The molecule has 3 rings (SSSR count). The Bertz CT molecular complexity index is 546. The lowest BCUT2D eigenvalue weighted by Gasteiger charge is -2.38. The van der Waals surface area contributed by atoms with Crippen molar-refractivity contribution in [3.63, 3.8) is 0 Å². The average Bonchev–Trinajstić information content (AvgIpc) is 3.06. The molecule has 138 valence electrons. The van der Waals surface area contributed by atoms with Crippen molar-refractivity contribution < 1.29 is 4.79 Å². The number of carbonyl (C=O) groups excluding carboxylic acids is 1. The Hall–Kier alpha value is -0.360. The average molecular weight is 394 g/mol. The predicted octanol–water partition coefficient (Wildman–Crippen LogP) is 3.71. The fourth-order valence-corrected chi connectivity index (χ4v) is 4.88. The summed E-state index contributed by atoms with van der Waals surface area (Å²) in [5.74, 6) is 0.782. The molecule has 0 saturated carbocycles. The van der Waals surface area contributed by atoms with Crippen LogP contribution in [0.15, 0.2) is 0 Å². The summed E-state index contributed by atoms with van der Waals surface area (Å²) in [7, 11) is 0. The van der Waals surface area contributed by atoms with Gasteiger partial charge < -0.3 is 10.2 Å². The molecular weight excluding hydrogens is 365 g/mol. The first-order chi connectivity index (χ1) is 10.5. The molecule has 7 heteroatoms. The van der Waals surface area contributed by atoms with E-state index in [0.717, 1.165) is 61.0 Å². The van der Waals surface area contributed by atoms with Crippen LogP contribution in [0.1, 0.15) is 53.5 Å². The molecule has 4 nitrogen and oxygen atoms in total. The van der Waals surface area contributed by atoms with Crippen molar-refractivity contribution in [1.29, 1.82) is 0 Å². The summed E-state index contributed by atoms with van der Waals surface area (Å²) in [5, 5.41) is 4.58. The van der Waals surface area contributed by atoms with Crippen LogP contribution in [0.2, 0.25) is 0 Å². The second kappa shape index (κ2) is 8.84. The minimum absolute atomic E-state index is 0. The molecule has 2 saturated heterocycles. The van der Waals surface area contributed by atoms with E-state index in [2.05, 4.69) is 24.1 Å². The molecular formula is C17H29Cl2N3OS. The molecule has 1 aromatic heterocycles. The fourth-order valence-electron chi connectivity index (χ4n) is 3.64. The minimum Gasteiger partial charge on any atom is -0.338 e. The summed E-state index contributed by atoms with van der Waals surface area (Å²) in [4.78, 5) is 20.3. The highest BCUT2D eigenvalue weighted by atomic mass is 35.5. The lowest BCUT2D eigenvalue weighted by molar-refractivity contribution is 0.0611. The van der Waals surface area contributed by atoms with Gasteiger partial charge in [0, 0.05) is 26.1 Å². The van der Waals surface area contributed by atoms with E-state index in [1.807, 2.05) is 11.8 Å². The largest absolute Gasteiger partial charge is 0.338 e. The molecule has 2 fully saturated rings. The molecule has 0 bridgehead atoms. The first-order valence-electron chi connectivity index (χ1n) is 8.45. The van der Waals surface area contributed by atoms with E-state index in [0.29, 0.717) is 11.3 Å². The van der Waals surface area contributed by atoms with Crippen LogP contribution in [0.3, 0.4) is 0 Å². The zero-order chi connectivity index (χ0) is 15.7. The molecule has 0 aromatic carbocycles. The number of aryl methyl sites for hydroxylation is 1. The normalized spacial score (nSPS) is 19.2. The minimum atomic E-state index is 0. The van der Waals surface area contributed by atoms with Crippen LogP contribution < -0.4 is 5.32 Å². The van der Waals surface area contributed by atoms with Gasteiger partial charge in [0.05, 0.1) is 10.7 Å². The number of thiazole rings is 1. The van der Waals surface area contributed by atoms with E-state index in [-0.39, 0.29) is 30.7 Å². The van der Waals surface area contributed by atoms with Crippen LogP contribution >= 0.6 is 36.2 Å². The number of rotatable bonds is 3. The van der Waals surface area contributed by atoms with Crippen molar-refractivity contribution in [1.82, 2.24) is 15.2 Å². The lowest BCUT2D eigenvalue weighted by Crippen LogP contribution is -2.44. The zero-order valence-corrected chi connectivity index (χ0v) is 17.2. The monoisotopic (exact) mass is 393 g/mol. The summed E-state index contributed by atoms with van der Waals surface area (Å²) in [5.41, 5.74) is 1.37. The standard InChI is InChI=1S/C17H27N3OS.2ClH/c1-12(2)10-14-19-13(3)15(22-14)16(21)20-8-5-17(6-9-20)4-7-18-11-17;;/h12,18H,4-11H2,1-3H3;2*1H. The maximum Gasteiger partial charge on any atom is 0.265 e. The van der Waals surface area contributed by atoms with Gasteiger partial charge in [0.2, 0.25) is 0 Å². The quantitative estimate of drug-likeness (QED) is 0.850. The van der Waals surface area contributed by atoms with Crippen LogP contribution in [0.25, 0.3) is 0 Å². The number of hydrogen-bond acceptors (Lipinski definition) is 4. The summed E-state index contributed by atoms with van der Waals surface area (Å²) in [6.07, 6.45) is 4.52. The Kier molecular flexibility index (Phi) is 7.98. The summed E-state index contributed by atoms with van der Waals surface area (Å²) < 4.78 is 0.